The fourth-order valence-corrected chi connectivity index (χ4v) is 4.73. The lowest BCUT2D eigenvalue weighted by Gasteiger charge is -2.10. The van der Waals surface area contributed by atoms with Gasteiger partial charge in [-0.15, -0.1) is 58.0 Å². The molecule has 2 N–H and O–H groups in total. The molecule has 0 saturated heterocycles. The van der Waals surface area contributed by atoms with Gasteiger partial charge in [0.15, 0.2) is 11.7 Å². The fourth-order valence-electron chi connectivity index (χ4n) is 2.33. The smallest absolute Gasteiger partial charge is 0.356 e. The number of halogens is 4. The molecule has 0 atom stereocenters. The normalized spacial score (nSPS) is 12.0. The molecule has 158 valence electrons. The second-order valence-electron chi connectivity index (χ2n) is 5.74. The summed E-state index contributed by atoms with van der Waals surface area (Å²) < 4.78 is 37.8. The van der Waals surface area contributed by atoms with Gasteiger partial charge in [-0.2, -0.15) is 13.2 Å². The van der Waals surface area contributed by atoms with Gasteiger partial charge in [-0.1, -0.05) is 0 Å². The van der Waals surface area contributed by atoms with E-state index < -0.39 is 11.9 Å². The number of thiazole rings is 2. The molecule has 0 bridgehead atoms. The SMILES string of the molecule is CN=C(NCCc1ccc(-c2csc(C)n2)s1)NCc1nc(C(F)(F)F)cs1.I. The van der Waals surface area contributed by atoms with Crippen molar-refractivity contribution in [2.75, 3.05) is 13.6 Å². The number of thiophene rings is 1. The minimum atomic E-state index is -4.41. The van der Waals surface area contributed by atoms with Gasteiger partial charge in [0.05, 0.1) is 22.1 Å². The van der Waals surface area contributed by atoms with Crippen molar-refractivity contribution in [2.24, 2.45) is 4.99 Å². The number of hydrogen-bond acceptors (Lipinski definition) is 6. The maximum atomic E-state index is 12.6. The quantitative estimate of drug-likeness (QED) is 0.243. The second kappa shape index (κ2) is 10.7. The first-order valence-corrected chi connectivity index (χ1v) is 10.9. The minimum Gasteiger partial charge on any atom is -0.356 e. The van der Waals surface area contributed by atoms with Gasteiger partial charge in [-0.25, -0.2) is 9.97 Å². The highest BCUT2D eigenvalue weighted by Crippen LogP contribution is 2.30. The molecule has 0 aliphatic rings. The van der Waals surface area contributed by atoms with Crippen LogP contribution in [0.1, 0.15) is 20.6 Å². The lowest BCUT2D eigenvalue weighted by Crippen LogP contribution is -2.37. The minimum absolute atomic E-state index is 0. The van der Waals surface area contributed by atoms with Crippen LogP contribution in [0.5, 0.6) is 0 Å². The van der Waals surface area contributed by atoms with Crippen LogP contribution >= 0.6 is 58.0 Å². The van der Waals surface area contributed by atoms with Crippen LogP contribution in [0.25, 0.3) is 10.6 Å². The molecule has 0 saturated carbocycles. The van der Waals surface area contributed by atoms with Gasteiger partial charge in [0.25, 0.3) is 0 Å². The number of aromatic nitrogens is 2. The lowest BCUT2D eigenvalue weighted by atomic mass is 10.3. The number of guanidine groups is 1. The number of nitrogens with one attached hydrogen (secondary N) is 2. The van der Waals surface area contributed by atoms with Crippen molar-refractivity contribution in [3.05, 3.63) is 43.5 Å². The first-order valence-electron chi connectivity index (χ1n) is 8.32. The Hall–Kier alpha value is -1.25. The summed E-state index contributed by atoms with van der Waals surface area (Å²) in [4.78, 5) is 14.5. The van der Waals surface area contributed by atoms with Crippen molar-refractivity contribution in [3.8, 4) is 10.6 Å². The van der Waals surface area contributed by atoms with Crippen LogP contribution in [0.15, 0.2) is 27.9 Å². The van der Waals surface area contributed by atoms with Gasteiger partial charge in [0.1, 0.15) is 5.01 Å². The summed E-state index contributed by atoms with van der Waals surface area (Å²) in [5.74, 6) is 0.524. The van der Waals surface area contributed by atoms with Crippen molar-refractivity contribution in [2.45, 2.75) is 26.1 Å². The molecule has 3 rings (SSSR count). The molecule has 0 aliphatic heterocycles. The number of nitrogens with zero attached hydrogens (tertiary/aromatic N) is 3. The van der Waals surface area contributed by atoms with Crippen molar-refractivity contribution >= 4 is 63.9 Å². The Morgan fingerprint density at radius 3 is 2.55 bits per heavy atom. The number of aryl methyl sites for hydroxylation is 1. The number of aliphatic imine (C=N–C) groups is 1. The van der Waals surface area contributed by atoms with Gasteiger partial charge >= 0.3 is 6.18 Å². The molecular weight excluding hydrogens is 554 g/mol. The summed E-state index contributed by atoms with van der Waals surface area (Å²) >= 11 is 4.31. The van der Waals surface area contributed by atoms with E-state index in [9.17, 15) is 13.2 Å². The van der Waals surface area contributed by atoms with E-state index in [0.717, 1.165) is 38.7 Å². The molecule has 3 heterocycles. The molecule has 0 unspecified atom stereocenters. The largest absolute Gasteiger partial charge is 0.434 e. The van der Waals surface area contributed by atoms with E-state index in [1.807, 2.05) is 6.92 Å². The lowest BCUT2D eigenvalue weighted by molar-refractivity contribution is -0.140. The first kappa shape index (κ1) is 24.0. The highest BCUT2D eigenvalue weighted by Gasteiger charge is 2.33. The molecule has 29 heavy (non-hydrogen) atoms. The molecule has 0 fully saturated rings. The Morgan fingerprint density at radius 2 is 1.93 bits per heavy atom. The molecule has 0 amide bonds. The average Bonchev–Trinajstić information content (AvgIpc) is 3.37. The first-order chi connectivity index (χ1) is 13.3. The Bertz CT molecular complexity index is 948. The van der Waals surface area contributed by atoms with E-state index >= 15 is 0 Å². The Balaban J connectivity index is 0.00000300. The molecule has 0 aromatic carbocycles. The summed E-state index contributed by atoms with van der Waals surface area (Å²) in [6.07, 6.45) is -3.60. The Morgan fingerprint density at radius 1 is 1.14 bits per heavy atom. The van der Waals surface area contributed by atoms with E-state index in [-0.39, 0.29) is 30.5 Å². The third-order valence-corrected chi connectivity index (χ3v) is 6.46. The van der Waals surface area contributed by atoms with Crippen LogP contribution in [0.3, 0.4) is 0 Å². The highest BCUT2D eigenvalue weighted by atomic mass is 127. The summed E-state index contributed by atoms with van der Waals surface area (Å²) in [6.45, 7) is 2.83. The standard InChI is InChI=1S/C17H18F3N5S3.HI/c1-10-24-12(8-26-10)13-4-3-11(28-13)5-6-22-16(21-2)23-7-15-25-14(9-27-15)17(18,19)20;/h3-4,8-9H,5-7H2,1-2H3,(H2,21,22,23);1H. The topological polar surface area (TPSA) is 62.2 Å². The molecule has 0 spiro atoms. The maximum Gasteiger partial charge on any atom is 0.434 e. The van der Waals surface area contributed by atoms with Crippen LogP contribution in [-0.2, 0) is 19.1 Å². The summed E-state index contributed by atoms with van der Waals surface area (Å²) in [5.41, 5.74) is 0.145. The molecule has 5 nitrogen and oxygen atoms in total. The Labute approximate surface area is 195 Å². The van der Waals surface area contributed by atoms with Gasteiger partial charge < -0.3 is 10.6 Å². The molecule has 3 aromatic heterocycles. The molecule has 0 aliphatic carbocycles. The second-order valence-corrected chi connectivity index (χ2v) is 8.92. The third-order valence-electron chi connectivity index (χ3n) is 3.67. The summed E-state index contributed by atoms with van der Waals surface area (Å²) in [7, 11) is 1.62. The summed E-state index contributed by atoms with van der Waals surface area (Å²) in [6, 6.07) is 4.16. The molecule has 0 radical (unpaired) electrons. The monoisotopic (exact) mass is 573 g/mol. The fraction of sp³-hybridized carbons (Fsp3) is 0.353. The third kappa shape index (κ3) is 6.89. The van der Waals surface area contributed by atoms with E-state index in [2.05, 4.69) is 43.1 Å². The van der Waals surface area contributed by atoms with Crippen molar-refractivity contribution in [3.63, 3.8) is 0 Å². The van der Waals surface area contributed by atoms with Crippen LogP contribution in [-0.4, -0.2) is 29.5 Å². The van der Waals surface area contributed by atoms with E-state index in [4.69, 9.17) is 0 Å². The van der Waals surface area contributed by atoms with E-state index in [1.165, 1.54) is 4.88 Å². The van der Waals surface area contributed by atoms with Crippen LogP contribution < -0.4 is 10.6 Å². The number of hydrogen-bond donors (Lipinski definition) is 2. The number of alkyl halides is 3. The maximum absolute atomic E-state index is 12.6. The average molecular weight is 573 g/mol. The van der Waals surface area contributed by atoms with Crippen LogP contribution in [0.2, 0.25) is 0 Å². The van der Waals surface area contributed by atoms with Gasteiger partial charge in [-0.05, 0) is 25.5 Å². The van der Waals surface area contributed by atoms with Crippen LogP contribution in [0, 0.1) is 6.92 Å². The zero-order chi connectivity index (χ0) is 20.1. The van der Waals surface area contributed by atoms with E-state index in [1.54, 1.807) is 29.7 Å². The predicted octanol–water partition coefficient (Wildman–Crippen LogP) is 5.18. The van der Waals surface area contributed by atoms with Crippen molar-refractivity contribution in [1.29, 1.82) is 0 Å². The molecular formula is C17H19F3IN5S3. The van der Waals surface area contributed by atoms with Gasteiger partial charge in [0.2, 0.25) is 0 Å². The summed E-state index contributed by atoms with van der Waals surface area (Å²) in [5, 5.41) is 10.6. The molecule has 12 heteroatoms. The number of rotatable bonds is 6. The zero-order valence-electron chi connectivity index (χ0n) is 15.5. The predicted molar refractivity (Wildman–Crippen MR) is 125 cm³/mol. The highest BCUT2D eigenvalue weighted by molar-refractivity contribution is 14.0. The zero-order valence-corrected chi connectivity index (χ0v) is 20.3. The molecule has 3 aromatic rings. The van der Waals surface area contributed by atoms with Crippen molar-refractivity contribution < 1.29 is 13.2 Å². The van der Waals surface area contributed by atoms with Gasteiger partial charge in [0, 0.05) is 29.2 Å². The van der Waals surface area contributed by atoms with E-state index in [0.29, 0.717) is 17.5 Å². The Kier molecular flexibility index (Phi) is 8.85. The van der Waals surface area contributed by atoms with Gasteiger partial charge in [-0.3, -0.25) is 4.99 Å². The van der Waals surface area contributed by atoms with Crippen molar-refractivity contribution in [1.82, 2.24) is 20.6 Å². The van der Waals surface area contributed by atoms with Crippen LogP contribution in [0.4, 0.5) is 13.2 Å².